The summed E-state index contributed by atoms with van der Waals surface area (Å²) in [5, 5.41) is 7.64. The van der Waals surface area contributed by atoms with Crippen LogP contribution in [0.4, 0.5) is 0 Å². The molecule has 1 aliphatic heterocycles. The van der Waals surface area contributed by atoms with Crippen LogP contribution in [0.15, 0.2) is 10.7 Å². The number of carbonyl (C=O) groups is 1. The van der Waals surface area contributed by atoms with Gasteiger partial charge < -0.3 is 15.0 Å². The monoisotopic (exact) mass is 358 g/mol. The minimum absolute atomic E-state index is 0.0894. The Bertz CT molecular complexity index is 489. The zero-order chi connectivity index (χ0) is 15.4. The second-order valence-corrected chi connectivity index (χ2v) is 6.39. The number of hydrogen-bond donors (Lipinski definition) is 1. The Hall–Kier alpha value is -0.760. The van der Waals surface area contributed by atoms with E-state index in [0.29, 0.717) is 25.5 Å². The van der Waals surface area contributed by atoms with Crippen LogP contribution in [0.5, 0.6) is 0 Å². The Morgan fingerprint density at radius 2 is 2.33 bits per heavy atom. The molecule has 0 spiro atoms. The lowest BCUT2D eigenvalue weighted by atomic mass is 9.96. The van der Waals surface area contributed by atoms with E-state index in [4.69, 9.17) is 4.74 Å². The third-order valence-electron chi connectivity index (χ3n) is 3.67. The summed E-state index contributed by atoms with van der Waals surface area (Å²) >= 11 is 3.45. The summed E-state index contributed by atoms with van der Waals surface area (Å²) < 4.78 is 8.03. The van der Waals surface area contributed by atoms with Crippen LogP contribution in [0.25, 0.3) is 0 Å². The molecule has 7 heteroatoms. The lowest BCUT2D eigenvalue weighted by Crippen LogP contribution is -2.40. The molecule has 1 aromatic rings. The summed E-state index contributed by atoms with van der Waals surface area (Å²) in [5.74, 6) is -0.0439. The van der Waals surface area contributed by atoms with E-state index in [0.717, 1.165) is 17.6 Å². The smallest absolute Gasteiger partial charge is 0.189 e. The fraction of sp³-hybridized carbons (Fsp3) is 0.714. The lowest BCUT2D eigenvalue weighted by molar-refractivity contribution is 0.0879. The van der Waals surface area contributed by atoms with Crippen molar-refractivity contribution in [2.24, 2.45) is 5.92 Å². The van der Waals surface area contributed by atoms with Gasteiger partial charge in [-0.15, -0.1) is 0 Å². The first-order valence-electron chi connectivity index (χ1n) is 7.26. The number of rotatable bonds is 7. The Kier molecular flexibility index (Phi) is 5.92. The topological polar surface area (TPSA) is 59.4 Å². The van der Waals surface area contributed by atoms with Crippen molar-refractivity contribution in [3.63, 3.8) is 0 Å². The van der Waals surface area contributed by atoms with E-state index in [1.54, 1.807) is 10.9 Å². The number of Topliss-reactive ketones (excluding diaryl/α,β-unsaturated/α-hetero) is 1. The summed E-state index contributed by atoms with van der Waals surface area (Å²) in [4.78, 5) is 14.9. The summed E-state index contributed by atoms with van der Waals surface area (Å²) in [5.41, 5.74) is 0.648. The lowest BCUT2D eigenvalue weighted by Gasteiger charge is -2.18. The van der Waals surface area contributed by atoms with Gasteiger partial charge in [0.15, 0.2) is 5.78 Å². The molecule has 1 fully saturated rings. The van der Waals surface area contributed by atoms with Gasteiger partial charge in [-0.3, -0.25) is 9.48 Å². The van der Waals surface area contributed by atoms with E-state index in [1.165, 1.54) is 0 Å². The van der Waals surface area contributed by atoms with Crippen LogP contribution in [0.1, 0.15) is 17.4 Å². The molecule has 0 aliphatic carbocycles. The van der Waals surface area contributed by atoms with Gasteiger partial charge in [0.2, 0.25) is 0 Å². The minimum atomic E-state index is -0.143. The Morgan fingerprint density at radius 3 is 3.00 bits per heavy atom. The third-order valence-corrected chi connectivity index (χ3v) is 4.25. The van der Waals surface area contributed by atoms with E-state index in [9.17, 15) is 4.79 Å². The highest BCUT2D eigenvalue weighted by Gasteiger charge is 2.36. The standard InChI is InChI=1S/C14H23BrN4O2/c1-4-16-12-9-21-8-10(12)14(20)13-11(15)7-17-19(13)6-5-18(2)3/h7,10,12,16H,4-6,8-9H2,1-3H3. The van der Waals surface area contributed by atoms with Crippen molar-refractivity contribution >= 4 is 21.7 Å². The predicted octanol–water partition coefficient (Wildman–Crippen LogP) is 1.01. The fourth-order valence-electron chi connectivity index (χ4n) is 2.52. The molecule has 2 rings (SSSR count). The predicted molar refractivity (Wildman–Crippen MR) is 84.6 cm³/mol. The molecule has 2 unspecified atom stereocenters. The number of aromatic nitrogens is 2. The highest BCUT2D eigenvalue weighted by Crippen LogP contribution is 2.24. The highest BCUT2D eigenvalue weighted by atomic mass is 79.9. The van der Waals surface area contributed by atoms with E-state index >= 15 is 0 Å². The van der Waals surface area contributed by atoms with Crippen molar-refractivity contribution in [1.29, 1.82) is 0 Å². The molecule has 1 aliphatic rings. The second-order valence-electron chi connectivity index (χ2n) is 5.54. The molecule has 2 atom stereocenters. The molecule has 1 saturated heterocycles. The Labute approximate surface area is 133 Å². The van der Waals surface area contributed by atoms with Gasteiger partial charge in [0.05, 0.1) is 36.3 Å². The van der Waals surface area contributed by atoms with Crippen molar-refractivity contribution in [2.75, 3.05) is 40.4 Å². The molecule has 1 aromatic heterocycles. The van der Waals surface area contributed by atoms with Crippen molar-refractivity contribution in [3.8, 4) is 0 Å². The largest absolute Gasteiger partial charge is 0.379 e. The molecule has 0 saturated carbocycles. The van der Waals surface area contributed by atoms with Gasteiger partial charge in [0, 0.05) is 12.6 Å². The summed E-state index contributed by atoms with van der Waals surface area (Å²) in [6.45, 7) is 5.47. The van der Waals surface area contributed by atoms with Crippen LogP contribution in [-0.2, 0) is 11.3 Å². The van der Waals surface area contributed by atoms with Crippen LogP contribution < -0.4 is 5.32 Å². The number of likely N-dealkylation sites (N-methyl/N-ethyl adjacent to an activating group) is 2. The van der Waals surface area contributed by atoms with Crippen LogP contribution in [0.2, 0.25) is 0 Å². The molecule has 0 aromatic carbocycles. The molecule has 2 heterocycles. The molecule has 1 N–H and O–H groups in total. The highest BCUT2D eigenvalue weighted by molar-refractivity contribution is 9.10. The number of ketones is 1. The SMILES string of the molecule is CCNC1COCC1C(=O)c1c(Br)cnn1CCN(C)C. The normalized spacial score (nSPS) is 22.1. The Morgan fingerprint density at radius 1 is 1.57 bits per heavy atom. The number of carbonyl (C=O) groups excluding carboxylic acids is 1. The van der Waals surface area contributed by atoms with Crippen LogP contribution in [0, 0.1) is 5.92 Å². The number of halogens is 1. The fourth-order valence-corrected chi connectivity index (χ4v) is 3.02. The van der Waals surface area contributed by atoms with Crippen LogP contribution in [0.3, 0.4) is 0 Å². The summed E-state index contributed by atoms with van der Waals surface area (Å²) in [6.07, 6.45) is 1.70. The van der Waals surface area contributed by atoms with Crippen molar-refractivity contribution < 1.29 is 9.53 Å². The molecule has 0 amide bonds. The molecular formula is C14H23BrN4O2. The van der Waals surface area contributed by atoms with Gasteiger partial charge in [-0.1, -0.05) is 6.92 Å². The molecule has 118 valence electrons. The zero-order valence-electron chi connectivity index (χ0n) is 12.8. The first kappa shape index (κ1) is 16.6. The molecule has 0 radical (unpaired) electrons. The summed E-state index contributed by atoms with van der Waals surface area (Å²) in [6, 6.07) is 0.0894. The first-order valence-corrected chi connectivity index (χ1v) is 8.05. The van der Waals surface area contributed by atoms with Crippen molar-refractivity contribution in [1.82, 2.24) is 20.0 Å². The summed E-state index contributed by atoms with van der Waals surface area (Å²) in [7, 11) is 4.01. The second kappa shape index (κ2) is 7.49. The van der Waals surface area contributed by atoms with E-state index < -0.39 is 0 Å². The molecular weight excluding hydrogens is 336 g/mol. The van der Waals surface area contributed by atoms with Crippen LogP contribution in [-0.4, -0.2) is 66.9 Å². The number of nitrogens with one attached hydrogen (secondary N) is 1. The molecule has 6 nitrogen and oxygen atoms in total. The van der Waals surface area contributed by atoms with Gasteiger partial charge in [-0.25, -0.2) is 0 Å². The Balaban J connectivity index is 2.16. The quantitative estimate of drug-likeness (QED) is 0.737. The maximum atomic E-state index is 12.9. The number of nitrogens with zero attached hydrogens (tertiary/aromatic N) is 3. The molecule has 0 bridgehead atoms. The maximum absolute atomic E-state index is 12.9. The maximum Gasteiger partial charge on any atom is 0.189 e. The molecule has 21 heavy (non-hydrogen) atoms. The van der Waals surface area contributed by atoms with Crippen LogP contribution >= 0.6 is 15.9 Å². The van der Waals surface area contributed by atoms with Gasteiger partial charge in [-0.05, 0) is 36.6 Å². The first-order chi connectivity index (χ1) is 10.0. The number of hydrogen-bond acceptors (Lipinski definition) is 5. The van der Waals surface area contributed by atoms with Gasteiger partial charge in [0.1, 0.15) is 5.69 Å². The average molecular weight is 359 g/mol. The minimum Gasteiger partial charge on any atom is -0.379 e. The van der Waals surface area contributed by atoms with E-state index in [-0.39, 0.29) is 17.7 Å². The number of ether oxygens (including phenoxy) is 1. The van der Waals surface area contributed by atoms with Crippen molar-refractivity contribution in [2.45, 2.75) is 19.5 Å². The van der Waals surface area contributed by atoms with Gasteiger partial charge in [0.25, 0.3) is 0 Å². The van der Waals surface area contributed by atoms with Crippen molar-refractivity contribution in [3.05, 3.63) is 16.4 Å². The third kappa shape index (κ3) is 3.91. The van der Waals surface area contributed by atoms with Gasteiger partial charge >= 0.3 is 0 Å². The van der Waals surface area contributed by atoms with Gasteiger partial charge in [-0.2, -0.15) is 5.10 Å². The zero-order valence-corrected chi connectivity index (χ0v) is 14.4. The van der Waals surface area contributed by atoms with E-state index in [2.05, 4.69) is 31.2 Å². The average Bonchev–Trinajstić information content (AvgIpc) is 3.03. The van der Waals surface area contributed by atoms with E-state index in [1.807, 2.05) is 21.0 Å².